The second-order valence-corrected chi connectivity index (χ2v) is 11.3. The van der Waals surface area contributed by atoms with Crippen molar-refractivity contribution in [3.05, 3.63) is 101 Å². The van der Waals surface area contributed by atoms with Gasteiger partial charge in [-0.15, -0.1) is 0 Å². The van der Waals surface area contributed by atoms with E-state index in [4.69, 9.17) is 0 Å². The van der Waals surface area contributed by atoms with Crippen LogP contribution in [0.25, 0.3) is 0 Å². The van der Waals surface area contributed by atoms with E-state index in [9.17, 15) is 18.0 Å². The predicted molar refractivity (Wildman–Crippen MR) is 152 cm³/mol. The first-order valence-corrected chi connectivity index (χ1v) is 14.7. The lowest BCUT2D eigenvalue weighted by molar-refractivity contribution is -0.140. The van der Waals surface area contributed by atoms with Crippen molar-refractivity contribution in [2.45, 2.75) is 46.2 Å². The fourth-order valence-corrected chi connectivity index (χ4v) is 5.21. The van der Waals surface area contributed by atoms with E-state index < -0.39 is 28.5 Å². The smallest absolute Gasteiger partial charge is 0.244 e. The third kappa shape index (κ3) is 7.92. The van der Waals surface area contributed by atoms with Crippen LogP contribution in [-0.4, -0.2) is 50.5 Å². The number of anilines is 1. The highest BCUT2D eigenvalue weighted by Gasteiger charge is 2.32. The molecule has 38 heavy (non-hydrogen) atoms. The second-order valence-electron chi connectivity index (χ2n) is 9.40. The molecule has 0 aliphatic heterocycles. The Bertz CT molecular complexity index is 1330. The molecule has 1 N–H and O–H groups in total. The minimum absolute atomic E-state index is 0.168. The Hall–Kier alpha value is -3.65. The molecule has 0 spiro atoms. The molecular weight excluding hydrogens is 498 g/mol. The Morgan fingerprint density at radius 2 is 1.53 bits per heavy atom. The van der Waals surface area contributed by atoms with Crippen molar-refractivity contribution >= 4 is 27.5 Å². The van der Waals surface area contributed by atoms with Crippen molar-refractivity contribution in [1.29, 1.82) is 0 Å². The highest BCUT2D eigenvalue weighted by atomic mass is 32.2. The van der Waals surface area contributed by atoms with Crippen LogP contribution in [-0.2, 0) is 39.0 Å². The number of carbonyl (C=O) groups is 2. The molecule has 3 rings (SSSR count). The van der Waals surface area contributed by atoms with Gasteiger partial charge in [0.05, 0.1) is 11.9 Å². The highest BCUT2D eigenvalue weighted by molar-refractivity contribution is 7.92. The van der Waals surface area contributed by atoms with E-state index in [1.807, 2.05) is 87.5 Å². The number of hydrogen-bond acceptors (Lipinski definition) is 4. The summed E-state index contributed by atoms with van der Waals surface area (Å²) >= 11 is 0. The number of likely N-dealkylation sites (N-methyl/N-ethyl adjacent to an activating group) is 1. The molecule has 1 atom stereocenters. The summed E-state index contributed by atoms with van der Waals surface area (Å²) in [6.07, 6.45) is 2.20. The van der Waals surface area contributed by atoms with Crippen molar-refractivity contribution in [1.82, 2.24) is 10.2 Å². The molecule has 0 radical (unpaired) electrons. The number of nitrogens with zero attached hydrogens (tertiary/aromatic N) is 2. The summed E-state index contributed by atoms with van der Waals surface area (Å²) in [6.45, 7) is 5.98. The summed E-state index contributed by atoms with van der Waals surface area (Å²) in [7, 11) is -3.78. The molecule has 0 saturated carbocycles. The van der Waals surface area contributed by atoms with E-state index in [2.05, 4.69) is 5.32 Å². The van der Waals surface area contributed by atoms with E-state index in [1.54, 1.807) is 12.1 Å². The molecule has 0 heterocycles. The molecule has 0 saturated heterocycles. The quantitative estimate of drug-likeness (QED) is 0.378. The number of aryl methyl sites for hydroxylation is 2. The number of hydrogen-bond donors (Lipinski definition) is 1. The van der Waals surface area contributed by atoms with Crippen molar-refractivity contribution in [3.63, 3.8) is 0 Å². The summed E-state index contributed by atoms with van der Waals surface area (Å²) in [6, 6.07) is 23.6. The zero-order valence-corrected chi connectivity index (χ0v) is 23.4. The maximum absolute atomic E-state index is 14.0. The maximum atomic E-state index is 14.0. The Morgan fingerprint density at radius 1 is 0.868 bits per heavy atom. The first-order valence-electron chi connectivity index (χ1n) is 12.9. The van der Waals surface area contributed by atoms with Crippen LogP contribution in [0.3, 0.4) is 0 Å². The lowest BCUT2D eigenvalue weighted by Crippen LogP contribution is -2.53. The molecule has 0 unspecified atom stereocenters. The van der Waals surface area contributed by atoms with Crippen LogP contribution >= 0.6 is 0 Å². The zero-order chi connectivity index (χ0) is 27.7. The van der Waals surface area contributed by atoms with Crippen molar-refractivity contribution < 1.29 is 18.0 Å². The Morgan fingerprint density at radius 3 is 2.11 bits per heavy atom. The number of sulfonamides is 1. The van der Waals surface area contributed by atoms with Gasteiger partial charge >= 0.3 is 0 Å². The summed E-state index contributed by atoms with van der Waals surface area (Å²) in [4.78, 5) is 28.8. The van der Waals surface area contributed by atoms with Gasteiger partial charge in [0, 0.05) is 19.5 Å². The Labute approximate surface area is 226 Å². The molecule has 7 nitrogen and oxygen atoms in total. The summed E-state index contributed by atoms with van der Waals surface area (Å²) in [5.41, 5.74) is 4.26. The van der Waals surface area contributed by atoms with Gasteiger partial charge in [0.2, 0.25) is 21.8 Å². The minimum atomic E-state index is -3.78. The lowest BCUT2D eigenvalue weighted by Gasteiger charge is -2.33. The largest absolute Gasteiger partial charge is 0.355 e. The van der Waals surface area contributed by atoms with Crippen molar-refractivity contribution in [2.24, 2.45) is 0 Å². The third-order valence-corrected chi connectivity index (χ3v) is 7.51. The van der Waals surface area contributed by atoms with Crippen LogP contribution < -0.4 is 9.62 Å². The zero-order valence-electron chi connectivity index (χ0n) is 22.6. The normalized spacial score (nSPS) is 12.0. The van der Waals surface area contributed by atoms with E-state index in [0.29, 0.717) is 18.7 Å². The number of amides is 2. The van der Waals surface area contributed by atoms with Gasteiger partial charge in [-0.1, -0.05) is 79.2 Å². The van der Waals surface area contributed by atoms with Gasteiger partial charge in [0.15, 0.2) is 0 Å². The average molecular weight is 536 g/mol. The average Bonchev–Trinajstić information content (AvgIpc) is 2.89. The highest BCUT2D eigenvalue weighted by Crippen LogP contribution is 2.21. The first kappa shape index (κ1) is 28.9. The first-order chi connectivity index (χ1) is 18.1. The molecule has 0 fully saturated rings. The van der Waals surface area contributed by atoms with E-state index in [0.717, 1.165) is 39.2 Å². The number of carbonyl (C=O) groups excluding carboxylic acids is 2. The van der Waals surface area contributed by atoms with Gasteiger partial charge in [-0.25, -0.2) is 8.42 Å². The van der Waals surface area contributed by atoms with Gasteiger partial charge in [0.1, 0.15) is 12.6 Å². The molecule has 8 heteroatoms. The maximum Gasteiger partial charge on any atom is 0.244 e. The van der Waals surface area contributed by atoms with Gasteiger partial charge in [-0.2, -0.15) is 0 Å². The molecule has 2 amide bonds. The fraction of sp³-hybridized carbons (Fsp3) is 0.333. The van der Waals surface area contributed by atoms with E-state index in [-0.39, 0.29) is 12.5 Å². The standard InChI is InChI=1S/C30H37N3O4S/c1-5-24-15-17-27(18-16-24)33(38(4,36)37)22-29(34)32(21-26-14-10-11-23(3)19-26)28(30(35)31-6-2)20-25-12-8-7-9-13-25/h7-19,28H,5-6,20-22H2,1-4H3,(H,31,35)/t28-/m0/s1. The van der Waals surface area contributed by atoms with Gasteiger partial charge in [-0.05, 0) is 49.1 Å². The Kier molecular flexibility index (Phi) is 10.1. The van der Waals surface area contributed by atoms with Crippen LogP contribution in [0.1, 0.15) is 36.1 Å². The van der Waals surface area contributed by atoms with E-state index in [1.165, 1.54) is 4.90 Å². The lowest BCUT2D eigenvalue weighted by atomic mass is 10.0. The SMILES string of the molecule is CCNC(=O)[C@H](Cc1ccccc1)N(Cc1cccc(C)c1)C(=O)CN(c1ccc(CC)cc1)S(C)(=O)=O. The number of rotatable bonds is 12. The molecule has 0 aliphatic rings. The van der Waals surface area contributed by atoms with Gasteiger partial charge < -0.3 is 10.2 Å². The molecule has 3 aromatic rings. The molecule has 0 aromatic heterocycles. The third-order valence-electron chi connectivity index (χ3n) is 6.37. The van der Waals surface area contributed by atoms with Gasteiger partial charge in [0.25, 0.3) is 0 Å². The molecule has 0 bridgehead atoms. The second kappa shape index (κ2) is 13.2. The molecular formula is C30H37N3O4S. The molecule has 3 aromatic carbocycles. The summed E-state index contributed by atoms with van der Waals surface area (Å²) < 4.78 is 26.7. The fourth-order valence-electron chi connectivity index (χ4n) is 4.36. The van der Waals surface area contributed by atoms with Crippen molar-refractivity contribution in [3.8, 4) is 0 Å². The summed E-state index contributed by atoms with van der Waals surface area (Å²) in [5, 5.41) is 2.86. The molecule has 0 aliphatic carbocycles. The number of benzene rings is 3. The van der Waals surface area contributed by atoms with Crippen LogP contribution in [0.4, 0.5) is 5.69 Å². The topological polar surface area (TPSA) is 86.8 Å². The van der Waals surface area contributed by atoms with Crippen molar-refractivity contribution in [2.75, 3.05) is 23.7 Å². The summed E-state index contributed by atoms with van der Waals surface area (Å²) in [5.74, 6) is -0.737. The minimum Gasteiger partial charge on any atom is -0.355 e. The predicted octanol–water partition coefficient (Wildman–Crippen LogP) is 4.10. The van der Waals surface area contributed by atoms with Crippen LogP contribution in [0, 0.1) is 6.92 Å². The van der Waals surface area contributed by atoms with Crippen LogP contribution in [0.15, 0.2) is 78.9 Å². The Balaban J connectivity index is 2.02. The van der Waals surface area contributed by atoms with E-state index >= 15 is 0 Å². The number of nitrogens with one attached hydrogen (secondary N) is 1. The van der Waals surface area contributed by atoms with Crippen LogP contribution in [0.2, 0.25) is 0 Å². The molecule has 202 valence electrons. The van der Waals surface area contributed by atoms with Crippen LogP contribution in [0.5, 0.6) is 0 Å². The monoisotopic (exact) mass is 535 g/mol. The van der Waals surface area contributed by atoms with Gasteiger partial charge in [-0.3, -0.25) is 13.9 Å².